The number of halogens is 4. The van der Waals surface area contributed by atoms with E-state index in [-0.39, 0.29) is 30.6 Å². The van der Waals surface area contributed by atoms with Crippen LogP contribution < -0.4 is 15.4 Å². The van der Waals surface area contributed by atoms with Crippen molar-refractivity contribution in [3.05, 3.63) is 47.8 Å². The molecule has 2 rings (SSSR count). The number of nitrogens with zero attached hydrogens (tertiary/aromatic N) is 2. The lowest BCUT2D eigenvalue weighted by molar-refractivity contribution is -0.153. The molecule has 1 unspecified atom stereocenters. The summed E-state index contributed by atoms with van der Waals surface area (Å²) in [7, 11) is 3.41. The van der Waals surface area contributed by atoms with Gasteiger partial charge in [-0.2, -0.15) is 18.3 Å². The van der Waals surface area contributed by atoms with E-state index >= 15 is 0 Å². The van der Waals surface area contributed by atoms with Gasteiger partial charge in [-0.25, -0.2) is 0 Å². The topological polar surface area (TPSA) is 68.2 Å². The summed E-state index contributed by atoms with van der Waals surface area (Å²) in [4.78, 5) is 12.3. The maximum absolute atomic E-state index is 12.3. The normalized spacial score (nSPS) is 12.2. The summed E-state index contributed by atoms with van der Waals surface area (Å²) in [5.41, 5.74) is 1.35. The van der Waals surface area contributed by atoms with Crippen molar-refractivity contribution in [2.45, 2.75) is 18.8 Å². The fourth-order valence-electron chi connectivity index (χ4n) is 2.24. The van der Waals surface area contributed by atoms with E-state index in [9.17, 15) is 18.0 Å². The zero-order valence-electron chi connectivity index (χ0n) is 14.2. The molecule has 26 heavy (non-hydrogen) atoms. The molecule has 0 bridgehead atoms. The highest BCUT2D eigenvalue weighted by atomic mass is 35.5. The maximum atomic E-state index is 12.3. The molecule has 0 saturated heterocycles. The summed E-state index contributed by atoms with van der Waals surface area (Å²) >= 11 is 0. The molecule has 0 aliphatic heterocycles. The van der Waals surface area contributed by atoms with Gasteiger partial charge in [-0.15, -0.1) is 12.4 Å². The molecule has 0 saturated carbocycles. The van der Waals surface area contributed by atoms with Gasteiger partial charge in [0.15, 0.2) is 6.61 Å². The SMILES string of the molecule is CNC(C(=O)NCc1cccc(OCC(F)(F)F)c1)c1cnn(C)c1.Cl. The van der Waals surface area contributed by atoms with Gasteiger partial charge >= 0.3 is 6.18 Å². The molecule has 1 aromatic carbocycles. The zero-order valence-corrected chi connectivity index (χ0v) is 15.0. The van der Waals surface area contributed by atoms with Gasteiger partial charge in [0.1, 0.15) is 11.8 Å². The van der Waals surface area contributed by atoms with Gasteiger partial charge in [0.05, 0.1) is 6.20 Å². The average Bonchev–Trinajstić information content (AvgIpc) is 2.97. The van der Waals surface area contributed by atoms with E-state index in [1.54, 1.807) is 43.3 Å². The van der Waals surface area contributed by atoms with Gasteiger partial charge in [0, 0.05) is 25.4 Å². The number of aromatic nitrogens is 2. The molecule has 1 aromatic heterocycles. The Balaban J connectivity index is 0.00000338. The minimum atomic E-state index is -4.39. The molecule has 144 valence electrons. The predicted molar refractivity (Wildman–Crippen MR) is 92.1 cm³/mol. The lowest BCUT2D eigenvalue weighted by Crippen LogP contribution is -2.35. The van der Waals surface area contributed by atoms with Crippen LogP contribution in [0.4, 0.5) is 13.2 Å². The van der Waals surface area contributed by atoms with Crippen LogP contribution in [0.3, 0.4) is 0 Å². The van der Waals surface area contributed by atoms with Crippen LogP contribution in [-0.4, -0.2) is 35.5 Å². The Morgan fingerprint density at radius 3 is 2.69 bits per heavy atom. The first-order valence-electron chi connectivity index (χ1n) is 7.50. The Kier molecular flexibility index (Phi) is 7.91. The number of hydrogen-bond acceptors (Lipinski definition) is 4. The van der Waals surface area contributed by atoms with Crippen LogP contribution in [0.5, 0.6) is 5.75 Å². The zero-order chi connectivity index (χ0) is 18.4. The summed E-state index contributed by atoms with van der Waals surface area (Å²) in [6.45, 7) is -1.19. The molecule has 6 nitrogen and oxygen atoms in total. The van der Waals surface area contributed by atoms with Crippen molar-refractivity contribution < 1.29 is 22.7 Å². The van der Waals surface area contributed by atoms with E-state index in [0.717, 1.165) is 0 Å². The Morgan fingerprint density at radius 2 is 2.12 bits per heavy atom. The molecule has 0 aliphatic rings. The van der Waals surface area contributed by atoms with Gasteiger partial charge in [0.25, 0.3) is 0 Å². The lowest BCUT2D eigenvalue weighted by Gasteiger charge is -2.15. The second kappa shape index (κ2) is 9.44. The number of alkyl halides is 3. The van der Waals surface area contributed by atoms with Crippen LogP contribution in [0.1, 0.15) is 17.2 Å². The molecule has 1 atom stereocenters. The molecular weight excluding hydrogens is 373 g/mol. The van der Waals surface area contributed by atoms with Crippen LogP contribution in [0, 0.1) is 0 Å². The van der Waals surface area contributed by atoms with E-state index in [1.165, 1.54) is 12.1 Å². The largest absolute Gasteiger partial charge is 0.484 e. The van der Waals surface area contributed by atoms with Crippen molar-refractivity contribution in [3.63, 3.8) is 0 Å². The number of hydrogen-bond donors (Lipinski definition) is 2. The molecule has 1 heterocycles. The Labute approximate surface area is 155 Å². The molecule has 0 aliphatic carbocycles. The van der Waals surface area contributed by atoms with Crippen LogP contribution in [-0.2, 0) is 18.4 Å². The van der Waals surface area contributed by atoms with Gasteiger partial charge in [-0.1, -0.05) is 12.1 Å². The number of likely N-dealkylation sites (N-methyl/N-ethyl adjacent to an activating group) is 1. The fraction of sp³-hybridized carbons (Fsp3) is 0.375. The minimum absolute atomic E-state index is 0. The third-order valence-corrected chi connectivity index (χ3v) is 3.38. The summed E-state index contributed by atoms with van der Waals surface area (Å²) in [5, 5.41) is 9.67. The number of carbonyl (C=O) groups is 1. The first-order chi connectivity index (χ1) is 11.8. The number of rotatable bonds is 7. The first kappa shape index (κ1) is 21.8. The molecule has 2 aromatic rings. The fourth-order valence-corrected chi connectivity index (χ4v) is 2.24. The third-order valence-electron chi connectivity index (χ3n) is 3.38. The molecule has 0 fully saturated rings. The number of benzene rings is 1. The van der Waals surface area contributed by atoms with E-state index in [4.69, 9.17) is 4.74 Å². The molecule has 10 heteroatoms. The monoisotopic (exact) mass is 392 g/mol. The Morgan fingerprint density at radius 1 is 1.38 bits per heavy atom. The van der Waals surface area contributed by atoms with Crippen LogP contribution in [0.2, 0.25) is 0 Å². The number of aryl methyl sites for hydroxylation is 1. The molecule has 0 spiro atoms. The maximum Gasteiger partial charge on any atom is 0.422 e. The Bertz CT molecular complexity index is 722. The highest BCUT2D eigenvalue weighted by molar-refractivity contribution is 5.85. The van der Waals surface area contributed by atoms with Gasteiger partial charge in [-0.05, 0) is 24.7 Å². The van der Waals surface area contributed by atoms with Crippen molar-refractivity contribution in [1.29, 1.82) is 0 Å². The highest BCUT2D eigenvalue weighted by Crippen LogP contribution is 2.19. The Hall–Kier alpha value is -2.26. The smallest absolute Gasteiger partial charge is 0.422 e. The highest BCUT2D eigenvalue weighted by Gasteiger charge is 2.28. The predicted octanol–water partition coefficient (Wildman–Crippen LogP) is 2.36. The van der Waals surface area contributed by atoms with E-state index < -0.39 is 18.8 Å². The summed E-state index contributed by atoms with van der Waals surface area (Å²) in [6.07, 6.45) is -1.08. The van der Waals surface area contributed by atoms with Crippen molar-refractivity contribution in [1.82, 2.24) is 20.4 Å². The van der Waals surface area contributed by atoms with Gasteiger partial charge < -0.3 is 15.4 Å². The quantitative estimate of drug-likeness (QED) is 0.759. The molecular formula is C16H20ClF3N4O2. The minimum Gasteiger partial charge on any atom is -0.484 e. The molecule has 1 amide bonds. The standard InChI is InChI=1S/C16H19F3N4O2.ClH/c1-20-14(12-8-22-23(2)9-12)15(24)21-7-11-4-3-5-13(6-11)25-10-16(17,18)19;/h3-6,8-9,14,20H,7,10H2,1-2H3,(H,21,24);1H. The number of ether oxygens (including phenoxy) is 1. The summed E-state index contributed by atoms with van der Waals surface area (Å²) in [6, 6.07) is 5.59. The number of amides is 1. The van der Waals surface area contributed by atoms with Gasteiger partial charge in [0.2, 0.25) is 5.91 Å². The summed E-state index contributed by atoms with van der Waals surface area (Å²) < 4.78 is 42.9. The van der Waals surface area contributed by atoms with Gasteiger partial charge in [-0.3, -0.25) is 9.48 Å². The summed E-state index contributed by atoms with van der Waals surface area (Å²) in [5.74, 6) is -0.168. The van der Waals surface area contributed by atoms with Crippen molar-refractivity contribution in [2.24, 2.45) is 7.05 Å². The van der Waals surface area contributed by atoms with Crippen molar-refractivity contribution in [2.75, 3.05) is 13.7 Å². The molecule has 0 radical (unpaired) electrons. The van der Waals surface area contributed by atoms with E-state index in [2.05, 4.69) is 15.7 Å². The lowest BCUT2D eigenvalue weighted by atomic mass is 10.1. The van der Waals surface area contributed by atoms with Crippen molar-refractivity contribution >= 4 is 18.3 Å². The van der Waals surface area contributed by atoms with Crippen molar-refractivity contribution in [3.8, 4) is 5.75 Å². The second-order valence-corrected chi connectivity index (χ2v) is 5.44. The average molecular weight is 393 g/mol. The molecule has 2 N–H and O–H groups in total. The van der Waals surface area contributed by atoms with Crippen LogP contribution in [0.15, 0.2) is 36.7 Å². The van der Waals surface area contributed by atoms with E-state index in [0.29, 0.717) is 11.1 Å². The first-order valence-corrected chi connectivity index (χ1v) is 7.50. The third kappa shape index (κ3) is 6.57. The van der Waals surface area contributed by atoms with E-state index in [1.807, 2.05) is 0 Å². The van der Waals surface area contributed by atoms with Crippen LogP contribution in [0.25, 0.3) is 0 Å². The number of carbonyl (C=O) groups excluding carboxylic acids is 1. The number of nitrogens with one attached hydrogen (secondary N) is 2. The second-order valence-electron chi connectivity index (χ2n) is 5.44. The van der Waals surface area contributed by atoms with Crippen LogP contribution >= 0.6 is 12.4 Å².